The molecule has 0 saturated carbocycles. The van der Waals surface area contributed by atoms with E-state index >= 15 is 0 Å². The number of carbonyl (C=O) groups excluding carboxylic acids is 2. The number of amides is 2. The lowest BCUT2D eigenvalue weighted by atomic mass is 10.2. The SMILES string of the molecule is CCCCn1nccc1N(C)C=O.NC(=O)C(N)=NC=NCc1ccccc1. The number of hydrogen-bond acceptors (Lipinski definition) is 4. The highest BCUT2D eigenvalue weighted by atomic mass is 16.1. The fourth-order valence-electron chi connectivity index (χ4n) is 2.06. The third-order valence-corrected chi connectivity index (χ3v) is 3.58. The van der Waals surface area contributed by atoms with Crippen LogP contribution in [0.3, 0.4) is 0 Å². The summed E-state index contributed by atoms with van der Waals surface area (Å²) in [5.74, 6) is -0.142. The van der Waals surface area contributed by atoms with Crippen LogP contribution in [0.15, 0.2) is 52.6 Å². The van der Waals surface area contributed by atoms with Gasteiger partial charge in [-0.05, 0) is 12.0 Å². The average molecular weight is 385 g/mol. The van der Waals surface area contributed by atoms with E-state index in [2.05, 4.69) is 22.0 Å². The number of unbranched alkanes of at least 4 members (excludes halogenated alkanes) is 1. The van der Waals surface area contributed by atoms with Gasteiger partial charge in [-0.3, -0.25) is 14.6 Å². The molecule has 0 atom stereocenters. The highest BCUT2D eigenvalue weighted by molar-refractivity contribution is 6.37. The molecule has 150 valence electrons. The number of nitrogens with two attached hydrogens (primary N) is 2. The van der Waals surface area contributed by atoms with Crippen molar-refractivity contribution in [1.82, 2.24) is 9.78 Å². The second-order valence-electron chi connectivity index (χ2n) is 5.80. The average Bonchev–Trinajstić information content (AvgIpc) is 3.18. The van der Waals surface area contributed by atoms with E-state index < -0.39 is 5.91 Å². The Morgan fingerprint density at radius 1 is 1.25 bits per heavy atom. The van der Waals surface area contributed by atoms with Gasteiger partial charge in [0.1, 0.15) is 12.2 Å². The van der Waals surface area contributed by atoms with Crippen molar-refractivity contribution >= 4 is 30.3 Å². The van der Waals surface area contributed by atoms with E-state index in [0.717, 1.165) is 37.2 Å². The lowest BCUT2D eigenvalue weighted by Gasteiger charge is -2.12. The fraction of sp³-hybridized carbons (Fsp3) is 0.316. The minimum Gasteiger partial charge on any atom is -0.379 e. The molecular weight excluding hydrogens is 358 g/mol. The van der Waals surface area contributed by atoms with Crippen LogP contribution in [0.1, 0.15) is 25.3 Å². The number of anilines is 1. The Morgan fingerprint density at radius 2 is 1.96 bits per heavy atom. The van der Waals surface area contributed by atoms with Gasteiger partial charge in [-0.15, -0.1) is 0 Å². The van der Waals surface area contributed by atoms with E-state index in [4.69, 9.17) is 11.5 Å². The van der Waals surface area contributed by atoms with Crippen molar-refractivity contribution in [3.05, 3.63) is 48.2 Å². The summed E-state index contributed by atoms with van der Waals surface area (Å²) in [7, 11) is 1.73. The number of rotatable bonds is 8. The molecule has 1 aromatic heterocycles. The molecule has 0 unspecified atom stereocenters. The Kier molecular flexibility index (Phi) is 10.3. The van der Waals surface area contributed by atoms with Gasteiger partial charge in [0.05, 0.1) is 12.7 Å². The lowest BCUT2D eigenvalue weighted by molar-refractivity contribution is -0.112. The topological polar surface area (TPSA) is 132 Å². The summed E-state index contributed by atoms with van der Waals surface area (Å²) in [4.78, 5) is 30.0. The van der Waals surface area contributed by atoms with Crippen molar-refractivity contribution in [3.63, 3.8) is 0 Å². The molecule has 0 bridgehead atoms. The fourth-order valence-corrected chi connectivity index (χ4v) is 2.06. The van der Waals surface area contributed by atoms with Gasteiger partial charge >= 0.3 is 0 Å². The number of primary amides is 1. The normalized spacial score (nSPS) is 11.0. The largest absolute Gasteiger partial charge is 0.379 e. The van der Waals surface area contributed by atoms with Crippen LogP contribution >= 0.6 is 0 Å². The van der Waals surface area contributed by atoms with Crippen LogP contribution in [0.5, 0.6) is 0 Å². The number of aryl methyl sites for hydroxylation is 1. The van der Waals surface area contributed by atoms with Crippen molar-refractivity contribution in [1.29, 1.82) is 0 Å². The molecule has 0 radical (unpaired) electrons. The monoisotopic (exact) mass is 385 g/mol. The minimum atomic E-state index is -0.749. The number of aromatic nitrogens is 2. The summed E-state index contributed by atoms with van der Waals surface area (Å²) in [6.45, 7) is 3.50. The summed E-state index contributed by atoms with van der Waals surface area (Å²) < 4.78 is 1.85. The van der Waals surface area contributed by atoms with Gasteiger partial charge in [-0.2, -0.15) is 5.10 Å². The van der Waals surface area contributed by atoms with Gasteiger partial charge in [0.15, 0.2) is 5.84 Å². The first-order valence-corrected chi connectivity index (χ1v) is 8.84. The maximum absolute atomic E-state index is 10.5. The van der Waals surface area contributed by atoms with Gasteiger partial charge in [0.2, 0.25) is 6.41 Å². The number of nitrogens with zero attached hydrogens (tertiary/aromatic N) is 5. The van der Waals surface area contributed by atoms with E-state index in [1.165, 1.54) is 11.2 Å². The van der Waals surface area contributed by atoms with E-state index in [1.807, 2.05) is 41.1 Å². The quantitative estimate of drug-likeness (QED) is 0.403. The van der Waals surface area contributed by atoms with E-state index in [9.17, 15) is 9.59 Å². The van der Waals surface area contributed by atoms with Crippen LogP contribution in [0, 0.1) is 0 Å². The minimum absolute atomic E-state index is 0.244. The van der Waals surface area contributed by atoms with Crippen molar-refractivity contribution in [2.45, 2.75) is 32.9 Å². The van der Waals surface area contributed by atoms with Gasteiger partial charge < -0.3 is 16.4 Å². The summed E-state index contributed by atoms with van der Waals surface area (Å²) in [5, 5.41) is 4.14. The molecule has 1 heterocycles. The van der Waals surface area contributed by atoms with Gasteiger partial charge in [-0.25, -0.2) is 9.67 Å². The zero-order valence-corrected chi connectivity index (χ0v) is 16.2. The molecule has 9 heteroatoms. The van der Waals surface area contributed by atoms with Crippen molar-refractivity contribution < 1.29 is 9.59 Å². The highest BCUT2D eigenvalue weighted by Crippen LogP contribution is 2.10. The maximum atomic E-state index is 10.5. The zero-order valence-electron chi connectivity index (χ0n) is 16.2. The number of benzene rings is 1. The number of carbonyl (C=O) groups is 2. The smallest absolute Gasteiger partial charge is 0.283 e. The van der Waals surface area contributed by atoms with Crippen LogP contribution < -0.4 is 16.4 Å². The summed E-state index contributed by atoms with van der Waals surface area (Å²) in [6.07, 6.45) is 5.95. The number of aliphatic imine (C=N–C) groups is 2. The van der Waals surface area contributed by atoms with Crippen molar-refractivity contribution in [2.75, 3.05) is 11.9 Å². The standard InChI is InChI=1S/C10H12N4O.C9H15N3O/c11-9(10(12)15)14-7-13-6-8-4-2-1-3-5-8;1-3-4-7-12-9(5-6-10-12)11(2)8-13/h1-5,7H,6H2,(H2,12,15)(H2,11,13,14);5-6,8H,3-4,7H2,1-2H3. The number of hydrogen-bond donors (Lipinski definition) is 2. The molecule has 0 fully saturated rings. The van der Waals surface area contributed by atoms with Crippen LogP contribution in [0.2, 0.25) is 0 Å². The Morgan fingerprint density at radius 3 is 2.57 bits per heavy atom. The van der Waals surface area contributed by atoms with Gasteiger partial charge in [0.25, 0.3) is 5.91 Å². The molecule has 9 nitrogen and oxygen atoms in total. The van der Waals surface area contributed by atoms with Gasteiger partial charge in [0, 0.05) is 19.7 Å². The predicted octanol–water partition coefficient (Wildman–Crippen LogP) is 1.33. The molecule has 2 aromatic rings. The summed E-state index contributed by atoms with van der Waals surface area (Å²) in [6, 6.07) is 11.5. The van der Waals surface area contributed by atoms with E-state index in [-0.39, 0.29) is 5.84 Å². The second-order valence-corrected chi connectivity index (χ2v) is 5.80. The van der Waals surface area contributed by atoms with Gasteiger partial charge in [-0.1, -0.05) is 43.7 Å². The lowest BCUT2D eigenvalue weighted by Crippen LogP contribution is -2.30. The van der Waals surface area contributed by atoms with Crippen LogP contribution in [-0.2, 0) is 22.7 Å². The Labute approximate surface area is 164 Å². The zero-order chi connectivity index (χ0) is 20.8. The molecule has 1 aromatic carbocycles. The molecule has 2 rings (SSSR count). The van der Waals surface area contributed by atoms with Crippen LogP contribution in [0.25, 0.3) is 0 Å². The first-order valence-electron chi connectivity index (χ1n) is 8.84. The van der Waals surface area contributed by atoms with E-state index in [0.29, 0.717) is 6.54 Å². The maximum Gasteiger partial charge on any atom is 0.283 e. The Balaban J connectivity index is 0.000000283. The van der Waals surface area contributed by atoms with Crippen LogP contribution in [0.4, 0.5) is 5.82 Å². The second kappa shape index (κ2) is 12.8. The van der Waals surface area contributed by atoms with Crippen LogP contribution in [-0.4, -0.2) is 41.3 Å². The molecule has 2 amide bonds. The van der Waals surface area contributed by atoms with Crippen molar-refractivity contribution in [3.8, 4) is 0 Å². The first kappa shape index (κ1) is 22.6. The first-order chi connectivity index (χ1) is 13.5. The molecule has 0 saturated heterocycles. The predicted molar refractivity (Wildman–Crippen MR) is 111 cm³/mol. The molecule has 4 N–H and O–H groups in total. The Hall–Kier alpha value is -3.49. The molecule has 0 aliphatic rings. The third kappa shape index (κ3) is 8.26. The molecule has 0 aliphatic carbocycles. The summed E-state index contributed by atoms with van der Waals surface area (Å²) >= 11 is 0. The molecule has 0 spiro atoms. The molecule has 0 aliphatic heterocycles. The third-order valence-electron chi connectivity index (χ3n) is 3.58. The number of amidine groups is 1. The molecular formula is C19H27N7O2. The van der Waals surface area contributed by atoms with Crippen molar-refractivity contribution in [2.24, 2.45) is 21.5 Å². The van der Waals surface area contributed by atoms with E-state index in [1.54, 1.807) is 13.2 Å². The summed E-state index contributed by atoms with van der Waals surface area (Å²) in [5.41, 5.74) is 11.1. The molecule has 28 heavy (non-hydrogen) atoms. The highest BCUT2D eigenvalue weighted by Gasteiger charge is 2.05. The Bertz CT molecular complexity index is 785.